The summed E-state index contributed by atoms with van der Waals surface area (Å²) in [5, 5.41) is 21.7. The van der Waals surface area contributed by atoms with Crippen LogP contribution in [0.1, 0.15) is 6.92 Å². The van der Waals surface area contributed by atoms with Crippen LogP contribution in [0.25, 0.3) is 0 Å². The summed E-state index contributed by atoms with van der Waals surface area (Å²) >= 11 is 0. The lowest BCUT2D eigenvalue weighted by molar-refractivity contribution is -0.155. The Morgan fingerprint density at radius 1 is 1.47 bits per heavy atom. The van der Waals surface area contributed by atoms with E-state index in [2.05, 4.69) is 10.5 Å². The van der Waals surface area contributed by atoms with E-state index < -0.39 is 30.6 Å². The zero-order valence-corrected chi connectivity index (χ0v) is 8.12. The number of nitrogens with one attached hydrogen (secondary N) is 1. The monoisotopic (exact) mass is 229 g/mol. The molecule has 0 radical (unpaired) electrons. The van der Waals surface area contributed by atoms with E-state index in [0.717, 1.165) is 0 Å². The van der Waals surface area contributed by atoms with Crippen LogP contribution in [0.5, 0.6) is 0 Å². The predicted molar refractivity (Wildman–Crippen MR) is 47.5 cm³/mol. The van der Waals surface area contributed by atoms with Gasteiger partial charge < -0.3 is 21.4 Å². The average Bonchev–Trinajstić information content (AvgIpc) is 2.09. The molecule has 0 saturated heterocycles. The molecule has 0 spiro atoms. The van der Waals surface area contributed by atoms with Gasteiger partial charge in [0.05, 0.1) is 6.10 Å². The zero-order valence-electron chi connectivity index (χ0n) is 8.12. The number of aliphatic hydroxyl groups excluding tert-OH is 1. The summed E-state index contributed by atoms with van der Waals surface area (Å²) in [4.78, 5) is 0. The Morgan fingerprint density at radius 3 is 2.33 bits per heavy atom. The van der Waals surface area contributed by atoms with Crippen LogP contribution in [0.15, 0.2) is 5.16 Å². The number of amidine groups is 1. The van der Waals surface area contributed by atoms with Gasteiger partial charge in [0.2, 0.25) is 0 Å². The number of rotatable bonds is 5. The SMILES string of the molecule is CC(O)CNCC(C(N)=NO)C(F)(F)F. The molecular formula is C7H14F3N3O2. The molecule has 0 aliphatic carbocycles. The Morgan fingerprint density at radius 2 is 2.00 bits per heavy atom. The topological polar surface area (TPSA) is 90.9 Å². The molecule has 5 N–H and O–H groups in total. The molecule has 5 nitrogen and oxygen atoms in total. The van der Waals surface area contributed by atoms with Crippen LogP contribution >= 0.6 is 0 Å². The molecule has 15 heavy (non-hydrogen) atoms. The van der Waals surface area contributed by atoms with Crippen molar-refractivity contribution in [3.05, 3.63) is 0 Å². The summed E-state index contributed by atoms with van der Waals surface area (Å²) in [7, 11) is 0. The van der Waals surface area contributed by atoms with Crippen molar-refractivity contribution in [3.8, 4) is 0 Å². The fraction of sp³-hybridized carbons (Fsp3) is 0.857. The van der Waals surface area contributed by atoms with Gasteiger partial charge in [-0.15, -0.1) is 0 Å². The highest BCUT2D eigenvalue weighted by molar-refractivity contribution is 5.83. The molecule has 0 amide bonds. The van der Waals surface area contributed by atoms with Gasteiger partial charge in [-0.1, -0.05) is 5.16 Å². The van der Waals surface area contributed by atoms with E-state index in [9.17, 15) is 13.2 Å². The van der Waals surface area contributed by atoms with E-state index in [1.165, 1.54) is 6.92 Å². The molecule has 0 heterocycles. The smallest absolute Gasteiger partial charge is 0.400 e. The van der Waals surface area contributed by atoms with Gasteiger partial charge in [0.1, 0.15) is 5.92 Å². The van der Waals surface area contributed by atoms with Gasteiger partial charge in [0, 0.05) is 13.1 Å². The molecular weight excluding hydrogens is 215 g/mol. The zero-order chi connectivity index (χ0) is 12.1. The number of oxime groups is 1. The van der Waals surface area contributed by atoms with E-state index >= 15 is 0 Å². The number of alkyl halides is 3. The molecule has 0 aliphatic rings. The van der Waals surface area contributed by atoms with E-state index in [1.807, 2.05) is 0 Å². The van der Waals surface area contributed by atoms with Gasteiger partial charge >= 0.3 is 6.18 Å². The molecule has 0 fully saturated rings. The molecule has 0 bridgehead atoms. The van der Waals surface area contributed by atoms with Gasteiger partial charge in [-0.2, -0.15) is 13.2 Å². The quantitative estimate of drug-likeness (QED) is 0.229. The van der Waals surface area contributed by atoms with E-state index in [0.29, 0.717) is 0 Å². The fourth-order valence-electron chi connectivity index (χ4n) is 0.894. The second-order valence-electron chi connectivity index (χ2n) is 3.13. The first-order chi connectivity index (χ1) is 6.79. The van der Waals surface area contributed by atoms with Gasteiger partial charge in [-0.25, -0.2) is 0 Å². The van der Waals surface area contributed by atoms with Crippen molar-refractivity contribution < 1.29 is 23.5 Å². The highest BCUT2D eigenvalue weighted by atomic mass is 19.4. The Balaban J connectivity index is 4.28. The molecule has 0 rings (SSSR count). The third kappa shape index (κ3) is 5.43. The van der Waals surface area contributed by atoms with Crippen LogP contribution < -0.4 is 11.1 Å². The van der Waals surface area contributed by atoms with Crippen LogP contribution in [0.4, 0.5) is 13.2 Å². The third-order valence-electron chi connectivity index (χ3n) is 1.66. The highest BCUT2D eigenvalue weighted by Crippen LogP contribution is 2.25. The summed E-state index contributed by atoms with van der Waals surface area (Å²) in [5.41, 5.74) is 4.90. The molecule has 2 atom stereocenters. The maximum absolute atomic E-state index is 12.3. The maximum atomic E-state index is 12.3. The normalized spacial score (nSPS) is 17.5. The lowest BCUT2D eigenvalue weighted by atomic mass is 10.1. The van der Waals surface area contributed by atoms with Crippen LogP contribution in [-0.4, -0.2) is 41.5 Å². The number of nitrogens with zero attached hydrogens (tertiary/aromatic N) is 1. The van der Waals surface area contributed by atoms with Gasteiger partial charge in [0.15, 0.2) is 5.84 Å². The van der Waals surface area contributed by atoms with Crippen LogP contribution in [0.3, 0.4) is 0 Å². The van der Waals surface area contributed by atoms with E-state index in [1.54, 1.807) is 0 Å². The first-order valence-electron chi connectivity index (χ1n) is 4.22. The van der Waals surface area contributed by atoms with Gasteiger partial charge in [-0.05, 0) is 6.92 Å². The Bertz CT molecular complexity index is 218. The molecule has 0 aliphatic heterocycles. The molecule has 0 aromatic heterocycles. The largest absolute Gasteiger partial charge is 0.409 e. The first-order valence-corrected chi connectivity index (χ1v) is 4.22. The van der Waals surface area contributed by atoms with Crippen molar-refractivity contribution in [3.63, 3.8) is 0 Å². The summed E-state index contributed by atoms with van der Waals surface area (Å²) in [6, 6.07) is 0. The summed E-state index contributed by atoms with van der Waals surface area (Å²) in [6.07, 6.45) is -5.34. The number of halogens is 3. The molecule has 0 saturated carbocycles. The van der Waals surface area contributed by atoms with Crippen molar-refractivity contribution in [2.24, 2.45) is 16.8 Å². The van der Waals surface area contributed by atoms with Crippen LogP contribution in [-0.2, 0) is 0 Å². The molecule has 2 unspecified atom stereocenters. The standard InChI is InChI=1S/C7H14F3N3O2/c1-4(14)2-12-3-5(6(11)13-15)7(8,9)10/h4-5,12,14-15H,2-3H2,1H3,(H2,11,13). The van der Waals surface area contributed by atoms with Crippen molar-refractivity contribution in [2.45, 2.75) is 19.2 Å². The van der Waals surface area contributed by atoms with Crippen molar-refractivity contribution in [1.29, 1.82) is 0 Å². The van der Waals surface area contributed by atoms with Crippen molar-refractivity contribution in [1.82, 2.24) is 5.32 Å². The third-order valence-corrected chi connectivity index (χ3v) is 1.66. The van der Waals surface area contributed by atoms with Crippen LogP contribution in [0.2, 0.25) is 0 Å². The fourth-order valence-corrected chi connectivity index (χ4v) is 0.894. The number of nitrogens with two attached hydrogens (primary N) is 1. The number of aliphatic hydroxyl groups is 1. The Hall–Kier alpha value is -1.02. The second kappa shape index (κ2) is 5.76. The molecule has 0 aromatic carbocycles. The van der Waals surface area contributed by atoms with Gasteiger partial charge in [-0.3, -0.25) is 0 Å². The average molecular weight is 229 g/mol. The van der Waals surface area contributed by atoms with Crippen molar-refractivity contribution >= 4 is 5.84 Å². The Labute approximate surface area is 84.8 Å². The van der Waals surface area contributed by atoms with Crippen LogP contribution in [0, 0.1) is 5.92 Å². The minimum atomic E-state index is -4.58. The maximum Gasteiger partial charge on any atom is 0.400 e. The second-order valence-corrected chi connectivity index (χ2v) is 3.13. The number of hydrogen-bond acceptors (Lipinski definition) is 4. The van der Waals surface area contributed by atoms with E-state index in [-0.39, 0.29) is 6.54 Å². The first kappa shape index (κ1) is 14.0. The molecule has 8 heteroatoms. The minimum absolute atomic E-state index is 0.00525. The highest BCUT2D eigenvalue weighted by Gasteiger charge is 2.42. The Kier molecular flexibility index (Phi) is 5.37. The molecule has 0 aromatic rings. The number of hydrogen-bond donors (Lipinski definition) is 4. The predicted octanol–water partition coefficient (Wildman–Crippen LogP) is -0.118. The lowest BCUT2D eigenvalue weighted by Crippen LogP contribution is -2.44. The van der Waals surface area contributed by atoms with E-state index in [4.69, 9.17) is 16.0 Å². The molecule has 90 valence electrons. The lowest BCUT2D eigenvalue weighted by Gasteiger charge is -2.19. The summed E-state index contributed by atoms with van der Waals surface area (Å²) in [6.45, 7) is 0.897. The summed E-state index contributed by atoms with van der Waals surface area (Å²) < 4.78 is 36.9. The van der Waals surface area contributed by atoms with Crippen molar-refractivity contribution in [2.75, 3.05) is 13.1 Å². The van der Waals surface area contributed by atoms with Gasteiger partial charge in [0.25, 0.3) is 0 Å². The summed E-state index contributed by atoms with van der Waals surface area (Å²) in [5.74, 6) is -2.96. The minimum Gasteiger partial charge on any atom is -0.409 e.